The number of rotatable bonds is 6. The minimum atomic E-state index is 0.260. The molecule has 5 aliphatic heterocycles. The summed E-state index contributed by atoms with van der Waals surface area (Å²) in [4.78, 5) is 9.16. The minimum absolute atomic E-state index is 0.260. The number of aromatic hydroxyl groups is 2. The van der Waals surface area contributed by atoms with Gasteiger partial charge in [-0.2, -0.15) is 0 Å². The summed E-state index contributed by atoms with van der Waals surface area (Å²) in [5, 5.41) is 20.9. The Balaban J connectivity index is 0.000000151. The Morgan fingerprint density at radius 1 is 0.415 bits per heavy atom. The van der Waals surface area contributed by atoms with Gasteiger partial charge >= 0.3 is 0 Å². The predicted molar refractivity (Wildman–Crippen MR) is 207 cm³/mol. The number of anilines is 4. The molecule has 280 valence electrons. The molecule has 4 aromatic carbocycles. The van der Waals surface area contributed by atoms with Gasteiger partial charge < -0.3 is 53.5 Å². The lowest BCUT2D eigenvalue weighted by molar-refractivity contribution is 0.122. The molecule has 0 radical (unpaired) electrons. The zero-order valence-corrected chi connectivity index (χ0v) is 30.4. The quantitative estimate of drug-likeness (QED) is 0.235. The number of phenolic OH excluding ortho intramolecular Hbond substituents is 2. The molecule has 0 saturated carbocycles. The van der Waals surface area contributed by atoms with Crippen molar-refractivity contribution in [2.75, 3.05) is 125 Å². The SMILES string of the molecule is Oc1cc(N2CCOCC2)ccc1Cc1ccc(N2CCOCC2)cc1O.c1cc2c(cc1N1CCOCC1)Oc1cc(N3CCOCC3)ccc1C2. The standard InChI is InChI=1S/C21H26N2O4.C21H24N2O3/c24-20-14-18(22-5-9-26-10-6-22)3-1-16(20)13-17-2-4-19(15-21(17)25)23-7-11-27-12-8-23;1-3-18(22-5-9-24-10-6-22)14-20-16(1)13-17-2-4-19(15-21(17)26-20)23-7-11-25-12-8-23/h1-4,14-15,24-25H,5-13H2;1-4,14-15H,5-13H2. The van der Waals surface area contributed by atoms with Gasteiger partial charge in [0.1, 0.15) is 23.0 Å². The van der Waals surface area contributed by atoms with E-state index in [9.17, 15) is 10.2 Å². The van der Waals surface area contributed by atoms with Crippen LogP contribution in [0.1, 0.15) is 22.3 Å². The van der Waals surface area contributed by atoms with E-state index in [-0.39, 0.29) is 11.5 Å². The van der Waals surface area contributed by atoms with Gasteiger partial charge in [0.05, 0.1) is 52.9 Å². The lowest BCUT2D eigenvalue weighted by atomic mass is 9.99. The maximum absolute atomic E-state index is 10.5. The van der Waals surface area contributed by atoms with Gasteiger partial charge in [-0.05, 0) is 46.5 Å². The van der Waals surface area contributed by atoms with Crippen molar-refractivity contribution in [1.82, 2.24) is 0 Å². The Morgan fingerprint density at radius 2 is 0.736 bits per heavy atom. The summed E-state index contributed by atoms with van der Waals surface area (Å²) in [5.41, 5.74) is 8.59. The highest BCUT2D eigenvalue weighted by molar-refractivity contribution is 5.62. The van der Waals surface area contributed by atoms with E-state index < -0.39 is 0 Å². The van der Waals surface area contributed by atoms with E-state index in [4.69, 9.17) is 23.7 Å². The van der Waals surface area contributed by atoms with Crippen molar-refractivity contribution in [2.24, 2.45) is 0 Å². The Labute approximate surface area is 311 Å². The van der Waals surface area contributed by atoms with E-state index in [1.165, 1.54) is 22.5 Å². The van der Waals surface area contributed by atoms with Crippen molar-refractivity contribution in [2.45, 2.75) is 12.8 Å². The summed E-state index contributed by atoms with van der Waals surface area (Å²) >= 11 is 0. The number of hydrogen-bond donors (Lipinski definition) is 2. The molecule has 4 aromatic rings. The van der Waals surface area contributed by atoms with Crippen LogP contribution in [0.5, 0.6) is 23.0 Å². The fraction of sp³-hybridized carbons (Fsp3) is 0.429. The van der Waals surface area contributed by atoms with Crippen LogP contribution in [0.25, 0.3) is 0 Å². The van der Waals surface area contributed by atoms with Crippen molar-refractivity contribution in [3.8, 4) is 23.0 Å². The zero-order valence-electron chi connectivity index (χ0n) is 30.4. The van der Waals surface area contributed by atoms with Crippen LogP contribution in [0.4, 0.5) is 22.7 Å². The number of morpholine rings is 4. The van der Waals surface area contributed by atoms with Gasteiger partial charge in [-0.1, -0.05) is 24.3 Å². The van der Waals surface area contributed by atoms with Crippen LogP contribution >= 0.6 is 0 Å². The van der Waals surface area contributed by atoms with E-state index in [0.29, 0.717) is 32.8 Å². The Kier molecular flexibility index (Phi) is 11.0. The molecule has 0 aromatic heterocycles. The number of phenols is 2. The van der Waals surface area contributed by atoms with Gasteiger partial charge in [-0.25, -0.2) is 0 Å². The molecule has 4 fully saturated rings. The second-order valence-corrected chi connectivity index (χ2v) is 14.1. The van der Waals surface area contributed by atoms with E-state index in [0.717, 1.165) is 119 Å². The third-order valence-electron chi connectivity index (χ3n) is 10.7. The zero-order chi connectivity index (χ0) is 36.0. The first-order valence-electron chi connectivity index (χ1n) is 19.0. The highest BCUT2D eigenvalue weighted by Gasteiger charge is 2.22. The fourth-order valence-electron chi connectivity index (χ4n) is 7.57. The average molecular weight is 723 g/mol. The number of ether oxygens (including phenoxy) is 5. The second kappa shape index (κ2) is 16.6. The first kappa shape index (κ1) is 35.4. The fourth-order valence-corrected chi connectivity index (χ4v) is 7.57. The highest BCUT2D eigenvalue weighted by atomic mass is 16.5. The molecule has 11 heteroatoms. The highest BCUT2D eigenvalue weighted by Crippen LogP contribution is 2.40. The molecule has 0 bridgehead atoms. The molecule has 11 nitrogen and oxygen atoms in total. The molecule has 9 rings (SSSR count). The van der Waals surface area contributed by atoms with Crippen molar-refractivity contribution in [3.05, 3.63) is 95.1 Å². The van der Waals surface area contributed by atoms with Crippen LogP contribution in [0.15, 0.2) is 72.8 Å². The normalized spacial score (nSPS) is 18.7. The van der Waals surface area contributed by atoms with Crippen LogP contribution in [-0.2, 0) is 31.8 Å². The van der Waals surface area contributed by atoms with Gasteiger partial charge in [0.25, 0.3) is 0 Å². The second-order valence-electron chi connectivity index (χ2n) is 14.1. The van der Waals surface area contributed by atoms with Gasteiger partial charge in [-0.3, -0.25) is 0 Å². The predicted octanol–water partition coefficient (Wildman–Crippen LogP) is 5.42. The Bertz CT molecular complexity index is 1720. The molecular formula is C42H50N4O7. The van der Waals surface area contributed by atoms with Gasteiger partial charge in [-0.15, -0.1) is 0 Å². The monoisotopic (exact) mass is 722 g/mol. The molecule has 53 heavy (non-hydrogen) atoms. The maximum atomic E-state index is 10.5. The number of fused-ring (bicyclic) bond motifs is 2. The third kappa shape index (κ3) is 8.44. The molecule has 0 aliphatic carbocycles. The Morgan fingerprint density at radius 3 is 1.08 bits per heavy atom. The largest absolute Gasteiger partial charge is 0.508 e. The first-order valence-corrected chi connectivity index (χ1v) is 19.0. The average Bonchev–Trinajstić information content (AvgIpc) is 3.22. The van der Waals surface area contributed by atoms with E-state index >= 15 is 0 Å². The third-order valence-corrected chi connectivity index (χ3v) is 10.7. The molecular weight excluding hydrogens is 672 g/mol. The van der Waals surface area contributed by atoms with Crippen molar-refractivity contribution >= 4 is 22.7 Å². The lowest BCUT2D eigenvalue weighted by Crippen LogP contribution is -2.36. The molecule has 5 heterocycles. The molecule has 0 atom stereocenters. The number of hydrogen-bond acceptors (Lipinski definition) is 11. The molecule has 0 spiro atoms. The maximum Gasteiger partial charge on any atom is 0.133 e. The summed E-state index contributed by atoms with van der Waals surface area (Å²) < 4.78 is 28.0. The molecule has 2 N–H and O–H groups in total. The minimum Gasteiger partial charge on any atom is -0.508 e. The van der Waals surface area contributed by atoms with Crippen LogP contribution in [0.2, 0.25) is 0 Å². The van der Waals surface area contributed by atoms with Crippen LogP contribution in [-0.4, -0.2) is 115 Å². The molecule has 5 aliphatic rings. The first-order chi connectivity index (χ1) is 26.1. The van der Waals surface area contributed by atoms with E-state index in [1.807, 2.05) is 24.3 Å². The Hall–Kier alpha value is -4.68. The number of nitrogens with zero attached hydrogens (tertiary/aromatic N) is 4. The van der Waals surface area contributed by atoms with Crippen molar-refractivity contribution < 1.29 is 33.9 Å². The van der Waals surface area contributed by atoms with Crippen LogP contribution in [0, 0.1) is 0 Å². The van der Waals surface area contributed by atoms with Crippen LogP contribution < -0.4 is 24.3 Å². The number of benzene rings is 4. The summed E-state index contributed by atoms with van der Waals surface area (Å²) in [6.07, 6.45) is 1.42. The molecule has 0 amide bonds. The van der Waals surface area contributed by atoms with Crippen molar-refractivity contribution in [1.29, 1.82) is 0 Å². The lowest BCUT2D eigenvalue weighted by Gasteiger charge is -2.31. The van der Waals surface area contributed by atoms with Crippen molar-refractivity contribution in [3.63, 3.8) is 0 Å². The van der Waals surface area contributed by atoms with Gasteiger partial charge in [0.15, 0.2) is 0 Å². The smallest absolute Gasteiger partial charge is 0.133 e. The molecule has 0 unspecified atom stereocenters. The summed E-state index contributed by atoms with van der Waals surface area (Å²) in [6, 6.07) is 24.7. The van der Waals surface area contributed by atoms with E-state index in [1.54, 1.807) is 12.1 Å². The summed E-state index contributed by atoms with van der Waals surface area (Å²) in [5.74, 6) is 2.49. The van der Waals surface area contributed by atoms with Gasteiger partial charge in [0.2, 0.25) is 0 Å². The topological polar surface area (TPSA) is 99.6 Å². The van der Waals surface area contributed by atoms with Crippen LogP contribution in [0.3, 0.4) is 0 Å². The van der Waals surface area contributed by atoms with Gasteiger partial charge in [0, 0.05) is 112 Å². The summed E-state index contributed by atoms with van der Waals surface area (Å²) in [6.45, 7) is 13.1. The van der Waals surface area contributed by atoms with E-state index in [2.05, 4.69) is 56.0 Å². The summed E-state index contributed by atoms with van der Waals surface area (Å²) in [7, 11) is 0. The molecule has 4 saturated heterocycles.